The lowest BCUT2D eigenvalue weighted by Crippen LogP contribution is -2.33. The van der Waals surface area contributed by atoms with Gasteiger partial charge < -0.3 is 29.7 Å². The number of nitrogens with one attached hydrogen (secondary N) is 1. The molecule has 0 amide bonds. The van der Waals surface area contributed by atoms with Crippen molar-refractivity contribution in [1.29, 1.82) is 0 Å². The van der Waals surface area contributed by atoms with Gasteiger partial charge in [-0.25, -0.2) is 0 Å². The number of aliphatic hydroxyl groups excluding tert-OH is 2. The zero-order valence-corrected chi connectivity index (χ0v) is 32.0. The summed E-state index contributed by atoms with van der Waals surface area (Å²) in [5.41, 5.74) is 3.11. The summed E-state index contributed by atoms with van der Waals surface area (Å²) >= 11 is 6.45. The summed E-state index contributed by atoms with van der Waals surface area (Å²) in [7, 11) is 0. The van der Waals surface area contributed by atoms with Gasteiger partial charge in [0.1, 0.15) is 12.4 Å². The molecule has 2 saturated heterocycles. The highest BCUT2D eigenvalue weighted by Gasteiger charge is 2.29. The maximum absolute atomic E-state index is 10.1. The number of hydrogen-bond donors (Lipinski definition) is 3. The molecule has 268 valence electrons. The van der Waals surface area contributed by atoms with Crippen molar-refractivity contribution in [2.75, 3.05) is 26.4 Å². The van der Waals surface area contributed by atoms with E-state index in [1.165, 1.54) is 32.2 Å². The predicted molar refractivity (Wildman–Crippen MR) is 199 cm³/mol. The third kappa shape index (κ3) is 19.9. The van der Waals surface area contributed by atoms with E-state index in [4.69, 9.17) is 25.8 Å². The molecule has 46 heavy (non-hydrogen) atoms. The number of halogens is 1. The first-order valence-electron chi connectivity index (χ1n) is 18.3. The van der Waals surface area contributed by atoms with Crippen molar-refractivity contribution in [3.63, 3.8) is 0 Å². The summed E-state index contributed by atoms with van der Waals surface area (Å²) in [6, 6.07) is 14.7. The van der Waals surface area contributed by atoms with Crippen molar-refractivity contribution in [3.8, 4) is 5.75 Å². The maximum atomic E-state index is 10.1. The third-order valence-electron chi connectivity index (χ3n) is 6.88. The lowest BCUT2D eigenvalue weighted by atomic mass is 9.94. The first-order valence-corrected chi connectivity index (χ1v) is 18.7. The number of ether oxygens (including phenoxy) is 3. The Bertz CT molecular complexity index is 932. The Labute approximate surface area is 288 Å². The summed E-state index contributed by atoms with van der Waals surface area (Å²) in [4.78, 5) is 0. The SMILES string of the molecule is CC.CC.CC.CC.CC.CC1CCCN1.OCC1CC(O)CC(c2ccc(Cl)c(Cc3ccc(OCCOC4CC4)cc3)c2)O1. The highest BCUT2D eigenvalue weighted by molar-refractivity contribution is 6.31. The second-order valence-corrected chi connectivity index (χ2v) is 10.5. The molecule has 0 aromatic heterocycles. The van der Waals surface area contributed by atoms with Crippen LogP contribution in [0.1, 0.15) is 137 Å². The van der Waals surface area contributed by atoms with Crippen molar-refractivity contribution in [3.05, 3.63) is 64.2 Å². The third-order valence-corrected chi connectivity index (χ3v) is 7.25. The molecular formula is C39H70ClNO5. The second-order valence-electron chi connectivity index (χ2n) is 10.1. The minimum Gasteiger partial charge on any atom is -0.491 e. The quantitative estimate of drug-likeness (QED) is 0.231. The first-order chi connectivity index (χ1) is 22.5. The van der Waals surface area contributed by atoms with Crippen molar-refractivity contribution in [1.82, 2.24) is 5.32 Å². The van der Waals surface area contributed by atoms with Gasteiger partial charge in [-0.05, 0) is 80.5 Å². The van der Waals surface area contributed by atoms with Gasteiger partial charge >= 0.3 is 0 Å². The molecule has 0 bridgehead atoms. The van der Waals surface area contributed by atoms with Gasteiger partial charge in [-0.1, -0.05) is 105 Å². The summed E-state index contributed by atoms with van der Waals surface area (Å²) in [6.07, 6.45) is 6.19. The van der Waals surface area contributed by atoms with Gasteiger partial charge in [0.05, 0.1) is 37.6 Å². The van der Waals surface area contributed by atoms with Gasteiger partial charge in [0, 0.05) is 23.9 Å². The Morgan fingerprint density at radius 1 is 0.848 bits per heavy atom. The van der Waals surface area contributed by atoms with Crippen molar-refractivity contribution >= 4 is 11.6 Å². The van der Waals surface area contributed by atoms with Crippen LogP contribution >= 0.6 is 11.6 Å². The standard InChI is InChI=1S/C24H29ClO5.C5H11N.5C2H6/c25-23-8-3-17(24-14-19(27)13-22(15-26)30-24)12-18(23)11-16-1-4-20(5-2-16)28-9-10-29-21-6-7-21;1-5-3-2-4-6-5;5*1-2/h1-5,8,12,19,21-22,24,26-27H,6-7,9-11,13-15H2;5-6H,2-4H2,1H3;5*1-2H3. The zero-order valence-electron chi connectivity index (χ0n) is 31.2. The number of benzene rings is 2. The van der Waals surface area contributed by atoms with Crippen LogP contribution in [-0.4, -0.2) is 60.9 Å². The Kier molecular flexibility index (Phi) is 30.9. The van der Waals surface area contributed by atoms with Gasteiger partial charge in [0.15, 0.2) is 0 Å². The average molecular weight is 668 g/mol. The molecule has 1 aliphatic carbocycles. The van der Waals surface area contributed by atoms with Crippen LogP contribution in [0, 0.1) is 0 Å². The summed E-state index contributed by atoms with van der Waals surface area (Å²) in [6.45, 7) is 24.6. The van der Waals surface area contributed by atoms with E-state index in [9.17, 15) is 10.2 Å². The molecule has 2 aromatic rings. The van der Waals surface area contributed by atoms with E-state index in [1.54, 1.807) is 0 Å². The highest BCUT2D eigenvalue weighted by Crippen LogP contribution is 2.34. The number of aliphatic hydroxyl groups is 2. The summed E-state index contributed by atoms with van der Waals surface area (Å²) in [5, 5.41) is 23.5. The van der Waals surface area contributed by atoms with Crippen molar-refractivity contribution < 1.29 is 24.4 Å². The van der Waals surface area contributed by atoms with Gasteiger partial charge in [-0.3, -0.25) is 0 Å². The van der Waals surface area contributed by atoms with Crippen molar-refractivity contribution in [2.45, 2.75) is 152 Å². The Morgan fingerprint density at radius 3 is 1.98 bits per heavy atom. The molecule has 3 N–H and O–H groups in total. The molecule has 3 aliphatic rings. The van der Waals surface area contributed by atoms with Gasteiger partial charge in [0.25, 0.3) is 0 Å². The molecule has 2 heterocycles. The van der Waals surface area contributed by atoms with Crippen LogP contribution in [0.3, 0.4) is 0 Å². The minimum absolute atomic E-state index is 0.0882. The van der Waals surface area contributed by atoms with Crippen LogP contribution in [-0.2, 0) is 15.9 Å². The molecule has 3 fully saturated rings. The normalized spacial score (nSPS) is 20.8. The fourth-order valence-corrected chi connectivity index (χ4v) is 4.83. The lowest BCUT2D eigenvalue weighted by molar-refractivity contribution is -0.113. The van der Waals surface area contributed by atoms with Crippen LogP contribution in [0.2, 0.25) is 5.02 Å². The lowest BCUT2D eigenvalue weighted by Gasteiger charge is -2.32. The topological polar surface area (TPSA) is 80.2 Å². The minimum atomic E-state index is -0.470. The summed E-state index contributed by atoms with van der Waals surface area (Å²) < 4.78 is 17.3. The molecule has 0 radical (unpaired) electrons. The van der Waals surface area contributed by atoms with E-state index in [0.29, 0.717) is 43.6 Å². The number of rotatable bonds is 9. The van der Waals surface area contributed by atoms with Gasteiger partial charge in [0.2, 0.25) is 0 Å². The molecule has 6 nitrogen and oxygen atoms in total. The molecule has 0 spiro atoms. The van der Waals surface area contributed by atoms with E-state index < -0.39 is 6.10 Å². The smallest absolute Gasteiger partial charge is 0.119 e. The molecular weight excluding hydrogens is 598 g/mol. The molecule has 4 atom stereocenters. The zero-order chi connectivity index (χ0) is 35.3. The fraction of sp³-hybridized carbons (Fsp3) is 0.692. The van der Waals surface area contributed by atoms with E-state index >= 15 is 0 Å². The van der Waals surface area contributed by atoms with E-state index in [-0.39, 0.29) is 18.8 Å². The van der Waals surface area contributed by atoms with E-state index in [0.717, 1.165) is 28.5 Å². The Morgan fingerprint density at radius 2 is 1.48 bits per heavy atom. The molecule has 7 heteroatoms. The largest absolute Gasteiger partial charge is 0.491 e. The Balaban J connectivity index is 0. The van der Waals surface area contributed by atoms with Crippen molar-refractivity contribution in [2.24, 2.45) is 0 Å². The van der Waals surface area contributed by atoms with Gasteiger partial charge in [-0.15, -0.1) is 0 Å². The van der Waals surface area contributed by atoms with E-state index in [1.807, 2.05) is 112 Å². The predicted octanol–water partition coefficient (Wildman–Crippen LogP) is 9.95. The van der Waals surface area contributed by atoms with Gasteiger partial charge in [-0.2, -0.15) is 0 Å². The maximum Gasteiger partial charge on any atom is 0.119 e. The summed E-state index contributed by atoms with van der Waals surface area (Å²) in [5.74, 6) is 0.831. The van der Waals surface area contributed by atoms with E-state index in [2.05, 4.69) is 12.2 Å². The molecule has 1 saturated carbocycles. The fourth-order valence-electron chi connectivity index (χ4n) is 4.64. The Hall–Kier alpha value is -1.67. The first kappa shape index (κ1) is 46.4. The monoisotopic (exact) mass is 667 g/mol. The average Bonchev–Trinajstić information content (AvgIpc) is 3.83. The molecule has 2 aromatic carbocycles. The molecule has 4 unspecified atom stereocenters. The van der Waals surface area contributed by atoms with Crippen LogP contribution in [0.15, 0.2) is 42.5 Å². The molecule has 5 rings (SSSR count). The van der Waals surface area contributed by atoms with Crippen LogP contribution in [0.5, 0.6) is 5.75 Å². The number of hydrogen-bond acceptors (Lipinski definition) is 6. The molecule has 2 aliphatic heterocycles. The van der Waals surface area contributed by atoms with Crippen LogP contribution in [0.4, 0.5) is 0 Å². The van der Waals surface area contributed by atoms with Crippen LogP contribution in [0.25, 0.3) is 0 Å². The van der Waals surface area contributed by atoms with Crippen LogP contribution < -0.4 is 10.1 Å². The second kappa shape index (κ2) is 30.7. The highest BCUT2D eigenvalue weighted by atomic mass is 35.5.